The van der Waals surface area contributed by atoms with E-state index in [0.717, 1.165) is 50.3 Å². The summed E-state index contributed by atoms with van der Waals surface area (Å²) in [5, 5.41) is 7.28. The number of rotatable bonds is 6. The van der Waals surface area contributed by atoms with E-state index >= 15 is 0 Å². The van der Waals surface area contributed by atoms with Gasteiger partial charge in [0.05, 0.1) is 4.88 Å². The monoisotopic (exact) mass is 333 g/mol. The minimum Gasteiger partial charge on any atom is -0.349 e. The Morgan fingerprint density at radius 2 is 2.17 bits per heavy atom. The van der Waals surface area contributed by atoms with Crippen LogP contribution in [0.4, 0.5) is 0 Å². The van der Waals surface area contributed by atoms with Crippen LogP contribution in [-0.2, 0) is 6.54 Å². The zero-order valence-corrected chi connectivity index (χ0v) is 14.3. The average molecular weight is 333 g/mol. The fourth-order valence-corrected chi connectivity index (χ4v) is 3.69. The molecule has 2 aromatic heterocycles. The molecule has 124 valence electrons. The van der Waals surface area contributed by atoms with Crippen LogP contribution in [0.25, 0.3) is 0 Å². The van der Waals surface area contributed by atoms with E-state index in [-0.39, 0.29) is 5.91 Å². The lowest BCUT2D eigenvalue weighted by molar-refractivity contribution is 0.0914. The van der Waals surface area contributed by atoms with E-state index in [1.807, 2.05) is 23.7 Å². The first-order valence-corrected chi connectivity index (χ1v) is 8.94. The van der Waals surface area contributed by atoms with Gasteiger partial charge < -0.3 is 10.2 Å². The number of hydrogen-bond donors (Lipinski definition) is 1. The first-order chi connectivity index (χ1) is 11.2. The molecule has 6 nitrogen and oxygen atoms in total. The second kappa shape index (κ2) is 7.70. The summed E-state index contributed by atoms with van der Waals surface area (Å²) in [7, 11) is 0. The Hall–Kier alpha value is -1.73. The molecule has 0 bridgehead atoms. The molecule has 1 aliphatic rings. The summed E-state index contributed by atoms with van der Waals surface area (Å²) in [4.78, 5) is 20.6. The average Bonchev–Trinajstić information content (AvgIpc) is 3.21. The van der Waals surface area contributed by atoms with Crippen LogP contribution in [0.15, 0.2) is 24.8 Å². The number of carbonyl (C=O) groups is 1. The normalized spacial score (nSPS) is 16.6. The van der Waals surface area contributed by atoms with Gasteiger partial charge in [-0.3, -0.25) is 9.48 Å². The third-order valence-corrected chi connectivity index (χ3v) is 5.21. The van der Waals surface area contributed by atoms with Crippen molar-refractivity contribution in [2.24, 2.45) is 0 Å². The Morgan fingerprint density at radius 1 is 1.35 bits per heavy atom. The molecule has 0 radical (unpaired) electrons. The minimum atomic E-state index is 0.0766. The zero-order valence-electron chi connectivity index (χ0n) is 13.4. The summed E-state index contributed by atoms with van der Waals surface area (Å²) in [6.07, 6.45) is 6.46. The molecule has 0 atom stereocenters. The molecule has 0 saturated carbocycles. The topological polar surface area (TPSA) is 63.1 Å². The van der Waals surface area contributed by atoms with Crippen LogP contribution in [0.3, 0.4) is 0 Å². The molecular weight excluding hydrogens is 310 g/mol. The highest BCUT2D eigenvalue weighted by Crippen LogP contribution is 2.16. The Morgan fingerprint density at radius 3 is 2.83 bits per heavy atom. The van der Waals surface area contributed by atoms with Gasteiger partial charge in [0.25, 0.3) is 5.91 Å². The molecule has 1 aliphatic heterocycles. The van der Waals surface area contributed by atoms with Gasteiger partial charge in [0.1, 0.15) is 12.7 Å². The summed E-state index contributed by atoms with van der Waals surface area (Å²) in [6.45, 7) is 6.11. The molecule has 3 rings (SSSR count). The number of nitrogens with zero attached hydrogens (tertiary/aromatic N) is 4. The molecule has 3 heterocycles. The highest BCUT2D eigenvalue weighted by atomic mass is 32.1. The predicted molar refractivity (Wildman–Crippen MR) is 90.6 cm³/mol. The van der Waals surface area contributed by atoms with Crippen LogP contribution < -0.4 is 5.32 Å². The number of amides is 1. The summed E-state index contributed by atoms with van der Waals surface area (Å²) < 4.78 is 1.87. The number of thiophene rings is 1. The van der Waals surface area contributed by atoms with Gasteiger partial charge in [-0.1, -0.05) is 0 Å². The van der Waals surface area contributed by atoms with E-state index in [1.54, 1.807) is 24.0 Å². The van der Waals surface area contributed by atoms with E-state index in [9.17, 15) is 4.79 Å². The molecule has 7 heteroatoms. The first-order valence-electron chi connectivity index (χ1n) is 8.13. The van der Waals surface area contributed by atoms with Crippen LogP contribution in [0, 0.1) is 6.92 Å². The predicted octanol–water partition coefficient (Wildman–Crippen LogP) is 1.93. The van der Waals surface area contributed by atoms with E-state index < -0.39 is 0 Å². The zero-order chi connectivity index (χ0) is 16.1. The Balaban J connectivity index is 1.36. The van der Waals surface area contributed by atoms with Crippen molar-refractivity contribution < 1.29 is 4.79 Å². The van der Waals surface area contributed by atoms with Crippen molar-refractivity contribution in [2.45, 2.75) is 38.8 Å². The fourth-order valence-electron chi connectivity index (χ4n) is 2.92. The SMILES string of the molecule is Cc1ccc(C(=O)NC2CCN(CCCn3cncn3)CC2)s1. The van der Waals surface area contributed by atoms with E-state index in [4.69, 9.17) is 0 Å². The maximum Gasteiger partial charge on any atom is 0.261 e. The largest absolute Gasteiger partial charge is 0.349 e. The van der Waals surface area contributed by atoms with Gasteiger partial charge >= 0.3 is 0 Å². The van der Waals surface area contributed by atoms with Crippen molar-refractivity contribution in [2.75, 3.05) is 19.6 Å². The van der Waals surface area contributed by atoms with Crippen LogP contribution in [0.2, 0.25) is 0 Å². The van der Waals surface area contributed by atoms with E-state index in [1.165, 1.54) is 4.88 Å². The highest BCUT2D eigenvalue weighted by Gasteiger charge is 2.21. The van der Waals surface area contributed by atoms with Crippen molar-refractivity contribution in [3.8, 4) is 0 Å². The third kappa shape index (κ3) is 4.62. The van der Waals surface area contributed by atoms with Gasteiger partial charge in [-0.25, -0.2) is 4.98 Å². The minimum absolute atomic E-state index is 0.0766. The van der Waals surface area contributed by atoms with Crippen molar-refractivity contribution in [3.05, 3.63) is 34.5 Å². The third-order valence-electron chi connectivity index (χ3n) is 4.22. The number of aromatic nitrogens is 3. The molecule has 1 amide bonds. The van der Waals surface area contributed by atoms with Crippen molar-refractivity contribution in [1.82, 2.24) is 25.0 Å². The lowest BCUT2D eigenvalue weighted by Gasteiger charge is -2.32. The molecular formula is C16H23N5OS. The fraction of sp³-hybridized carbons (Fsp3) is 0.562. The number of piperidine rings is 1. The maximum atomic E-state index is 12.2. The van der Waals surface area contributed by atoms with Crippen LogP contribution in [0.1, 0.15) is 33.8 Å². The van der Waals surface area contributed by atoms with E-state index in [2.05, 4.69) is 20.3 Å². The molecule has 0 spiro atoms. The first kappa shape index (κ1) is 16.1. The smallest absolute Gasteiger partial charge is 0.261 e. The van der Waals surface area contributed by atoms with Gasteiger partial charge in [-0.05, 0) is 44.9 Å². The number of hydrogen-bond acceptors (Lipinski definition) is 5. The standard InChI is InChI=1S/C16H23N5OS/c1-13-3-4-15(23-13)16(22)19-14-5-9-20(10-6-14)7-2-8-21-12-17-11-18-21/h3-4,11-12,14H,2,5-10H2,1H3,(H,19,22). The summed E-state index contributed by atoms with van der Waals surface area (Å²) in [6, 6.07) is 4.21. The Bertz CT molecular complexity index is 616. The van der Waals surface area contributed by atoms with Gasteiger partial charge in [-0.15, -0.1) is 11.3 Å². The lowest BCUT2D eigenvalue weighted by Crippen LogP contribution is -2.44. The van der Waals surface area contributed by atoms with Crippen molar-refractivity contribution in [1.29, 1.82) is 0 Å². The Kier molecular flexibility index (Phi) is 5.40. The van der Waals surface area contributed by atoms with E-state index in [0.29, 0.717) is 6.04 Å². The molecule has 1 saturated heterocycles. The molecule has 1 fully saturated rings. The second-order valence-electron chi connectivity index (χ2n) is 6.01. The quantitative estimate of drug-likeness (QED) is 0.877. The van der Waals surface area contributed by atoms with Crippen LogP contribution >= 0.6 is 11.3 Å². The van der Waals surface area contributed by atoms with Gasteiger partial charge in [-0.2, -0.15) is 5.10 Å². The van der Waals surface area contributed by atoms with Gasteiger partial charge in [0, 0.05) is 30.6 Å². The second-order valence-corrected chi connectivity index (χ2v) is 7.30. The summed E-state index contributed by atoms with van der Waals surface area (Å²) >= 11 is 1.56. The van der Waals surface area contributed by atoms with Gasteiger partial charge in [0.15, 0.2) is 0 Å². The van der Waals surface area contributed by atoms with Crippen LogP contribution in [-0.4, -0.2) is 51.2 Å². The number of likely N-dealkylation sites (tertiary alicyclic amines) is 1. The maximum absolute atomic E-state index is 12.2. The summed E-state index contributed by atoms with van der Waals surface area (Å²) in [5.74, 6) is 0.0766. The molecule has 0 aliphatic carbocycles. The van der Waals surface area contributed by atoms with Crippen LogP contribution in [0.5, 0.6) is 0 Å². The number of aryl methyl sites for hydroxylation is 2. The summed E-state index contributed by atoms with van der Waals surface area (Å²) in [5.41, 5.74) is 0. The van der Waals surface area contributed by atoms with Gasteiger partial charge in [0.2, 0.25) is 0 Å². The highest BCUT2D eigenvalue weighted by molar-refractivity contribution is 7.13. The number of nitrogens with one attached hydrogen (secondary N) is 1. The van der Waals surface area contributed by atoms with Crippen molar-refractivity contribution in [3.63, 3.8) is 0 Å². The molecule has 0 aromatic carbocycles. The molecule has 23 heavy (non-hydrogen) atoms. The Labute approximate surface area is 140 Å². The van der Waals surface area contributed by atoms with Crippen molar-refractivity contribution >= 4 is 17.2 Å². The molecule has 1 N–H and O–H groups in total. The molecule has 0 unspecified atom stereocenters. The molecule has 2 aromatic rings. The lowest BCUT2D eigenvalue weighted by atomic mass is 10.0. The number of carbonyl (C=O) groups excluding carboxylic acids is 1.